The van der Waals surface area contributed by atoms with Crippen LogP contribution in [0.2, 0.25) is 0 Å². The molecule has 63 heavy (non-hydrogen) atoms. The zero-order valence-corrected chi connectivity index (χ0v) is 42.1. The maximum absolute atomic E-state index is 12.9. The van der Waals surface area contributed by atoms with E-state index < -0.39 is 0 Å². The molecule has 10 heteroatoms. The predicted octanol–water partition coefficient (Wildman–Crippen LogP) is 13.4. The summed E-state index contributed by atoms with van der Waals surface area (Å²) in [7, 11) is 0. The second-order valence-corrected chi connectivity index (χ2v) is 18.5. The lowest BCUT2D eigenvalue weighted by molar-refractivity contribution is -0.151. The van der Waals surface area contributed by atoms with E-state index in [0.29, 0.717) is 12.8 Å². The molecule has 374 valence electrons. The molecule has 1 aliphatic heterocycles. The zero-order valence-electron chi connectivity index (χ0n) is 42.1. The van der Waals surface area contributed by atoms with Gasteiger partial charge in [-0.3, -0.25) is 9.59 Å². The average molecular weight is 897 g/mol. The maximum atomic E-state index is 12.9. The molecule has 1 aliphatic rings. The van der Waals surface area contributed by atoms with Gasteiger partial charge in [0.2, 0.25) is 0 Å². The number of nitrogens with zero attached hydrogens (tertiary/aromatic N) is 1. The number of rotatable bonds is 50. The monoisotopic (exact) mass is 897 g/mol. The average Bonchev–Trinajstić information content (AvgIpc) is 3.81. The van der Waals surface area contributed by atoms with Crippen LogP contribution in [0.15, 0.2) is 0 Å². The quantitative estimate of drug-likeness (QED) is 0.0360. The maximum Gasteiger partial charge on any atom is 0.305 e. The third kappa shape index (κ3) is 40.7. The summed E-state index contributed by atoms with van der Waals surface area (Å²) in [4.78, 5) is 28.3. The lowest BCUT2D eigenvalue weighted by atomic mass is 10.1. The molecule has 0 radical (unpaired) electrons. The van der Waals surface area contributed by atoms with Gasteiger partial charge >= 0.3 is 11.9 Å². The molecule has 1 saturated heterocycles. The minimum atomic E-state index is -0.245. The molecule has 0 atom stereocenters. The van der Waals surface area contributed by atoms with Crippen molar-refractivity contribution in [2.45, 2.75) is 265 Å². The molecule has 10 nitrogen and oxygen atoms in total. The number of ether oxygens (including phenoxy) is 6. The van der Waals surface area contributed by atoms with Gasteiger partial charge in [-0.25, -0.2) is 0 Å². The number of hydrogen-bond donors (Lipinski definition) is 1. The van der Waals surface area contributed by atoms with Gasteiger partial charge in [0.25, 0.3) is 0 Å². The number of likely N-dealkylation sites (tertiary alicyclic amines) is 1. The molecule has 1 fully saturated rings. The van der Waals surface area contributed by atoms with Crippen molar-refractivity contribution in [3.05, 3.63) is 0 Å². The van der Waals surface area contributed by atoms with Gasteiger partial charge in [-0.2, -0.15) is 0 Å². The Balaban J connectivity index is 2.50. The molecule has 0 aromatic rings. The molecule has 0 aliphatic carbocycles. The highest BCUT2D eigenvalue weighted by molar-refractivity contribution is 5.69. The first-order chi connectivity index (χ1) is 31.0. The zero-order chi connectivity index (χ0) is 45.5. The number of esters is 2. The first kappa shape index (κ1) is 59.7. The molecule has 0 bridgehead atoms. The Morgan fingerprint density at radius 2 is 0.778 bits per heavy atom. The number of carbonyl (C=O) groups excluding carboxylic acids is 2. The number of carbonyl (C=O) groups is 2. The highest BCUT2D eigenvalue weighted by Gasteiger charge is 2.18. The van der Waals surface area contributed by atoms with Crippen LogP contribution in [0.5, 0.6) is 0 Å². The number of hydrogen-bond acceptors (Lipinski definition) is 10. The standard InChI is InChI=1S/C53H104N2O8/c1-5-9-13-17-21-31-43-58-52(59-44-32-22-18-14-10-6-2)37-27-25-35-50(56)62-47-49(54-39-42-55-40-29-30-41-55)48-63-51(57)36-26-28-38-53(60-45-33-23-19-15-11-7-3)61-46-34-24-20-16-12-8-4/h49,52-54H,5-48H2,1-4H3. The first-order valence-corrected chi connectivity index (χ1v) is 27.3. The molecule has 0 saturated carbocycles. The molecule has 0 aromatic heterocycles. The van der Waals surface area contributed by atoms with E-state index in [2.05, 4.69) is 37.9 Å². The Morgan fingerprint density at radius 3 is 1.13 bits per heavy atom. The van der Waals surface area contributed by atoms with Crippen molar-refractivity contribution < 1.29 is 38.0 Å². The van der Waals surface area contributed by atoms with Crippen LogP contribution < -0.4 is 5.32 Å². The lowest BCUT2D eigenvalue weighted by Gasteiger charge is -2.21. The van der Waals surface area contributed by atoms with Gasteiger partial charge in [-0.1, -0.05) is 156 Å². The summed E-state index contributed by atoms with van der Waals surface area (Å²) in [5, 5.41) is 3.51. The summed E-state index contributed by atoms with van der Waals surface area (Å²) in [6, 6.07) is -0.245. The van der Waals surface area contributed by atoms with Crippen LogP contribution in [0.1, 0.15) is 246 Å². The Morgan fingerprint density at radius 1 is 0.444 bits per heavy atom. The van der Waals surface area contributed by atoms with E-state index in [9.17, 15) is 9.59 Å². The number of unbranched alkanes of at least 4 members (excludes halogenated alkanes) is 22. The highest BCUT2D eigenvalue weighted by atomic mass is 16.7. The van der Waals surface area contributed by atoms with E-state index >= 15 is 0 Å². The third-order valence-electron chi connectivity index (χ3n) is 12.3. The molecular formula is C53H104N2O8. The van der Waals surface area contributed by atoms with Crippen molar-refractivity contribution in [3.8, 4) is 0 Å². The van der Waals surface area contributed by atoms with Crippen molar-refractivity contribution in [1.82, 2.24) is 10.2 Å². The van der Waals surface area contributed by atoms with E-state index in [1.807, 2.05) is 0 Å². The van der Waals surface area contributed by atoms with Gasteiger partial charge in [-0.15, -0.1) is 0 Å². The van der Waals surface area contributed by atoms with Crippen LogP contribution in [0, 0.1) is 0 Å². The summed E-state index contributed by atoms with van der Waals surface area (Å²) in [5.41, 5.74) is 0. The Hall–Kier alpha value is -1.30. The van der Waals surface area contributed by atoms with Crippen molar-refractivity contribution in [3.63, 3.8) is 0 Å². The second-order valence-electron chi connectivity index (χ2n) is 18.5. The molecular weight excluding hydrogens is 793 g/mol. The Kier molecular flexibility index (Phi) is 44.7. The fraction of sp³-hybridized carbons (Fsp3) is 0.962. The van der Waals surface area contributed by atoms with E-state index in [4.69, 9.17) is 28.4 Å². The van der Waals surface area contributed by atoms with Crippen LogP contribution in [0.4, 0.5) is 0 Å². The SMILES string of the molecule is CCCCCCCCOC(CCCCC(=O)OCC(COC(=O)CCCCC(OCCCCCCCC)OCCCCCCCC)NCCN1CCCC1)OCCCCCCCC. The lowest BCUT2D eigenvalue weighted by Crippen LogP contribution is -2.42. The normalized spacial score (nSPS) is 13.3. The van der Waals surface area contributed by atoms with Crippen molar-refractivity contribution in [1.29, 1.82) is 0 Å². The molecule has 0 amide bonds. The second kappa shape index (κ2) is 47.2. The summed E-state index contributed by atoms with van der Waals surface area (Å²) in [6.07, 6.45) is 37.2. The molecule has 1 N–H and O–H groups in total. The van der Waals surface area contributed by atoms with Gasteiger partial charge in [-0.05, 0) is 90.1 Å². The fourth-order valence-corrected chi connectivity index (χ4v) is 8.11. The van der Waals surface area contributed by atoms with Gasteiger partial charge in [0.05, 0.1) is 6.04 Å². The van der Waals surface area contributed by atoms with Crippen molar-refractivity contribution in [2.75, 3.05) is 65.8 Å². The first-order valence-electron chi connectivity index (χ1n) is 27.3. The predicted molar refractivity (Wildman–Crippen MR) is 261 cm³/mol. The van der Waals surface area contributed by atoms with Gasteiger partial charge in [0, 0.05) is 52.4 Å². The van der Waals surface area contributed by atoms with Gasteiger partial charge < -0.3 is 38.6 Å². The van der Waals surface area contributed by atoms with Gasteiger partial charge in [0.15, 0.2) is 12.6 Å². The number of nitrogens with one attached hydrogen (secondary N) is 1. The third-order valence-corrected chi connectivity index (χ3v) is 12.3. The van der Waals surface area contributed by atoms with Crippen LogP contribution in [0.25, 0.3) is 0 Å². The van der Waals surface area contributed by atoms with Crippen LogP contribution >= 0.6 is 0 Å². The smallest absolute Gasteiger partial charge is 0.305 e. The van der Waals surface area contributed by atoms with Crippen molar-refractivity contribution in [2.24, 2.45) is 0 Å². The molecule has 0 aromatic carbocycles. The highest BCUT2D eigenvalue weighted by Crippen LogP contribution is 2.16. The molecule has 1 rings (SSSR count). The summed E-state index contributed by atoms with van der Waals surface area (Å²) >= 11 is 0. The molecule has 0 spiro atoms. The van der Waals surface area contributed by atoms with E-state index in [0.717, 1.165) is 117 Å². The minimum absolute atomic E-state index is 0.186. The van der Waals surface area contributed by atoms with Crippen LogP contribution in [-0.2, 0) is 38.0 Å². The van der Waals surface area contributed by atoms with Gasteiger partial charge in [0.1, 0.15) is 13.2 Å². The largest absolute Gasteiger partial charge is 0.464 e. The summed E-state index contributed by atoms with van der Waals surface area (Å²) in [6.45, 7) is 16.2. The van der Waals surface area contributed by atoms with E-state index in [-0.39, 0.29) is 43.8 Å². The van der Waals surface area contributed by atoms with Crippen LogP contribution in [0.3, 0.4) is 0 Å². The van der Waals surface area contributed by atoms with Crippen LogP contribution in [-0.4, -0.2) is 101 Å². The molecule has 1 heterocycles. The van der Waals surface area contributed by atoms with Crippen molar-refractivity contribution >= 4 is 11.9 Å². The summed E-state index contributed by atoms with van der Waals surface area (Å²) < 4.78 is 36.3. The molecule has 0 unspecified atom stereocenters. The topological polar surface area (TPSA) is 105 Å². The summed E-state index contributed by atoms with van der Waals surface area (Å²) in [5.74, 6) is -0.422. The fourth-order valence-electron chi connectivity index (χ4n) is 8.11. The Bertz CT molecular complexity index is 867. The van der Waals surface area contributed by atoms with E-state index in [1.54, 1.807) is 0 Å². The Labute approximate surface area is 389 Å². The minimum Gasteiger partial charge on any atom is -0.464 e. The van der Waals surface area contributed by atoms with E-state index in [1.165, 1.54) is 141 Å².